The molecule has 0 bridgehead atoms. The Morgan fingerprint density at radius 2 is 1.78 bits per heavy atom. The summed E-state index contributed by atoms with van der Waals surface area (Å²) in [6.45, 7) is 0.0634. The van der Waals surface area contributed by atoms with Crippen LogP contribution in [0.2, 0.25) is 0 Å². The van der Waals surface area contributed by atoms with Crippen LogP contribution in [0.1, 0.15) is 54.7 Å². The number of nitrogens with zero attached hydrogens (tertiary/aromatic N) is 1. The van der Waals surface area contributed by atoms with Gasteiger partial charge in [-0.15, -0.1) is 13.2 Å². The standard InChI is InChI=1S/C21H22F3NO2/c22-21(23,24)27-20-11-5-7-17(13-20)15-26-25-14-16-6-4-10-19(12-16)18-8-2-1-3-9-18/h4-7,10-14,18H,1-3,8-9,15H2. The van der Waals surface area contributed by atoms with Gasteiger partial charge in [0.15, 0.2) is 0 Å². The molecule has 6 heteroatoms. The Morgan fingerprint density at radius 1 is 1.00 bits per heavy atom. The number of halogens is 3. The maximum absolute atomic E-state index is 12.3. The van der Waals surface area contributed by atoms with Gasteiger partial charge >= 0.3 is 6.36 Å². The van der Waals surface area contributed by atoms with Gasteiger partial charge in [-0.25, -0.2) is 0 Å². The topological polar surface area (TPSA) is 30.8 Å². The highest BCUT2D eigenvalue weighted by molar-refractivity contribution is 5.79. The molecule has 2 aromatic carbocycles. The summed E-state index contributed by atoms with van der Waals surface area (Å²) >= 11 is 0. The van der Waals surface area contributed by atoms with E-state index in [1.54, 1.807) is 12.3 Å². The van der Waals surface area contributed by atoms with Crippen molar-refractivity contribution in [3.63, 3.8) is 0 Å². The van der Waals surface area contributed by atoms with Crippen LogP contribution in [0.3, 0.4) is 0 Å². The number of rotatable bonds is 6. The fourth-order valence-electron chi connectivity index (χ4n) is 3.37. The number of benzene rings is 2. The van der Waals surface area contributed by atoms with Crippen molar-refractivity contribution in [1.29, 1.82) is 0 Å². The molecule has 2 aromatic rings. The molecule has 0 N–H and O–H groups in total. The minimum Gasteiger partial charge on any atom is -0.406 e. The van der Waals surface area contributed by atoms with Crippen molar-refractivity contribution in [1.82, 2.24) is 0 Å². The molecule has 1 fully saturated rings. The monoisotopic (exact) mass is 377 g/mol. The zero-order valence-corrected chi connectivity index (χ0v) is 14.9. The maximum atomic E-state index is 12.3. The molecular weight excluding hydrogens is 355 g/mol. The van der Waals surface area contributed by atoms with Crippen molar-refractivity contribution < 1.29 is 22.7 Å². The molecule has 3 rings (SSSR count). The molecule has 0 aromatic heterocycles. The molecule has 0 saturated heterocycles. The van der Waals surface area contributed by atoms with E-state index in [4.69, 9.17) is 4.84 Å². The van der Waals surface area contributed by atoms with Gasteiger partial charge in [0.1, 0.15) is 12.4 Å². The summed E-state index contributed by atoms with van der Waals surface area (Å²) in [7, 11) is 0. The summed E-state index contributed by atoms with van der Waals surface area (Å²) < 4.78 is 40.7. The molecule has 0 amide bonds. The first-order chi connectivity index (χ1) is 13.0. The predicted octanol–water partition coefficient (Wildman–Crippen LogP) is 6.18. The Bertz CT molecular complexity index is 768. The lowest BCUT2D eigenvalue weighted by molar-refractivity contribution is -0.274. The zero-order chi connectivity index (χ0) is 19.1. The molecule has 0 radical (unpaired) electrons. The van der Waals surface area contributed by atoms with Crippen molar-refractivity contribution in [2.24, 2.45) is 5.16 Å². The van der Waals surface area contributed by atoms with Crippen LogP contribution in [-0.4, -0.2) is 12.6 Å². The molecule has 0 atom stereocenters. The lowest BCUT2D eigenvalue weighted by Gasteiger charge is -2.22. The van der Waals surface area contributed by atoms with Crippen molar-refractivity contribution in [3.05, 3.63) is 65.2 Å². The molecule has 1 aliphatic rings. The first kappa shape index (κ1) is 19.3. The second kappa shape index (κ2) is 8.93. The summed E-state index contributed by atoms with van der Waals surface area (Å²) in [5.74, 6) is 0.345. The number of ether oxygens (including phenoxy) is 1. The van der Waals surface area contributed by atoms with Gasteiger partial charge in [-0.2, -0.15) is 0 Å². The lowest BCUT2D eigenvalue weighted by atomic mass is 9.84. The zero-order valence-electron chi connectivity index (χ0n) is 14.9. The average Bonchev–Trinajstić information content (AvgIpc) is 2.65. The van der Waals surface area contributed by atoms with E-state index in [2.05, 4.69) is 22.0 Å². The predicted molar refractivity (Wildman–Crippen MR) is 97.8 cm³/mol. The van der Waals surface area contributed by atoms with E-state index in [0.717, 1.165) is 5.56 Å². The molecule has 0 heterocycles. The van der Waals surface area contributed by atoms with Crippen LogP contribution in [0.4, 0.5) is 13.2 Å². The maximum Gasteiger partial charge on any atom is 0.573 e. The van der Waals surface area contributed by atoms with Crippen LogP contribution in [0.15, 0.2) is 53.7 Å². The van der Waals surface area contributed by atoms with Gasteiger partial charge < -0.3 is 9.57 Å². The Labute approximate surface area is 156 Å². The molecule has 1 saturated carbocycles. The quantitative estimate of drug-likeness (QED) is 0.444. The molecule has 0 spiro atoms. The number of alkyl halides is 3. The van der Waals surface area contributed by atoms with Crippen LogP contribution in [0.5, 0.6) is 5.75 Å². The van der Waals surface area contributed by atoms with E-state index >= 15 is 0 Å². The molecule has 3 nitrogen and oxygen atoms in total. The molecule has 0 unspecified atom stereocenters. The van der Waals surface area contributed by atoms with Crippen molar-refractivity contribution >= 4 is 6.21 Å². The summed E-state index contributed by atoms with van der Waals surface area (Å²) in [5, 5.41) is 3.94. The first-order valence-electron chi connectivity index (χ1n) is 9.09. The van der Waals surface area contributed by atoms with Gasteiger partial charge in [-0.1, -0.05) is 54.8 Å². The van der Waals surface area contributed by atoms with E-state index in [1.165, 1.54) is 55.9 Å². The summed E-state index contributed by atoms with van der Waals surface area (Å²) in [6, 6.07) is 13.9. The highest BCUT2D eigenvalue weighted by Crippen LogP contribution is 2.32. The fourth-order valence-corrected chi connectivity index (χ4v) is 3.37. The third-order valence-corrected chi connectivity index (χ3v) is 4.63. The number of hydrogen-bond donors (Lipinski definition) is 0. The van der Waals surface area contributed by atoms with Gasteiger partial charge in [0.05, 0.1) is 6.21 Å². The summed E-state index contributed by atoms with van der Waals surface area (Å²) in [5.41, 5.74) is 2.83. The Morgan fingerprint density at radius 3 is 2.56 bits per heavy atom. The molecule has 27 heavy (non-hydrogen) atoms. The SMILES string of the molecule is FC(F)(F)Oc1cccc(CON=Cc2cccc(C3CCCCC3)c2)c1. The molecule has 1 aliphatic carbocycles. The highest BCUT2D eigenvalue weighted by atomic mass is 19.4. The van der Waals surface area contributed by atoms with Crippen LogP contribution in [-0.2, 0) is 11.4 Å². The smallest absolute Gasteiger partial charge is 0.406 e. The lowest BCUT2D eigenvalue weighted by Crippen LogP contribution is -2.17. The van der Waals surface area contributed by atoms with Gasteiger partial charge in [-0.05, 0) is 53.6 Å². The second-order valence-corrected chi connectivity index (χ2v) is 6.71. The second-order valence-electron chi connectivity index (χ2n) is 6.71. The first-order valence-corrected chi connectivity index (χ1v) is 9.09. The van der Waals surface area contributed by atoms with Crippen molar-refractivity contribution in [3.8, 4) is 5.75 Å². The van der Waals surface area contributed by atoms with Crippen LogP contribution >= 0.6 is 0 Å². The third kappa shape index (κ3) is 6.31. The van der Waals surface area contributed by atoms with Crippen molar-refractivity contribution in [2.45, 2.75) is 51.0 Å². The normalized spacial score (nSPS) is 15.8. The minimum absolute atomic E-state index is 0.0634. The average molecular weight is 377 g/mol. The Hall–Kier alpha value is -2.50. The summed E-state index contributed by atoms with van der Waals surface area (Å²) in [6.07, 6.45) is 3.26. The molecule has 144 valence electrons. The van der Waals surface area contributed by atoms with Gasteiger partial charge in [0.25, 0.3) is 0 Å². The van der Waals surface area contributed by atoms with Crippen LogP contribution in [0.25, 0.3) is 0 Å². The van der Waals surface area contributed by atoms with Crippen molar-refractivity contribution in [2.75, 3.05) is 0 Å². The Kier molecular flexibility index (Phi) is 6.37. The highest BCUT2D eigenvalue weighted by Gasteiger charge is 2.31. The van der Waals surface area contributed by atoms with E-state index < -0.39 is 6.36 Å². The molecular formula is C21H22F3NO2. The minimum atomic E-state index is -4.71. The van der Waals surface area contributed by atoms with Gasteiger partial charge in [-0.3, -0.25) is 0 Å². The van der Waals surface area contributed by atoms with E-state index in [0.29, 0.717) is 11.5 Å². The summed E-state index contributed by atoms with van der Waals surface area (Å²) in [4.78, 5) is 5.23. The largest absolute Gasteiger partial charge is 0.573 e. The van der Waals surface area contributed by atoms with Gasteiger partial charge in [0, 0.05) is 0 Å². The fraction of sp³-hybridized carbons (Fsp3) is 0.381. The third-order valence-electron chi connectivity index (χ3n) is 4.63. The Balaban J connectivity index is 1.54. The van der Waals surface area contributed by atoms with Crippen LogP contribution < -0.4 is 4.74 Å². The number of oxime groups is 1. The van der Waals surface area contributed by atoms with Crippen LogP contribution in [0, 0.1) is 0 Å². The van der Waals surface area contributed by atoms with E-state index in [-0.39, 0.29) is 12.4 Å². The molecule has 0 aliphatic heterocycles. The van der Waals surface area contributed by atoms with Gasteiger partial charge in [0.2, 0.25) is 0 Å². The van der Waals surface area contributed by atoms with E-state index in [9.17, 15) is 13.2 Å². The number of hydrogen-bond acceptors (Lipinski definition) is 3. The van der Waals surface area contributed by atoms with E-state index in [1.807, 2.05) is 12.1 Å².